The first-order valence-corrected chi connectivity index (χ1v) is 6.50. The lowest BCUT2D eigenvalue weighted by Gasteiger charge is -2.11. The van der Waals surface area contributed by atoms with E-state index in [0.717, 1.165) is 16.2 Å². The van der Waals surface area contributed by atoms with Gasteiger partial charge < -0.3 is 4.74 Å². The molecule has 3 rings (SSSR count). The van der Waals surface area contributed by atoms with Crippen LogP contribution >= 0.6 is 0 Å². The predicted octanol–water partition coefficient (Wildman–Crippen LogP) is 4.45. The molecule has 100 valence electrons. The second-order valence-electron chi connectivity index (χ2n) is 4.62. The van der Waals surface area contributed by atoms with Crippen molar-refractivity contribution in [1.82, 2.24) is 0 Å². The average molecular weight is 268 g/mol. The lowest BCUT2D eigenvalue weighted by Crippen LogP contribution is -2.06. The zero-order chi connectivity index (χ0) is 14.1. The Morgan fingerprint density at radius 3 is 2.60 bits per heavy atom. The van der Waals surface area contributed by atoms with Gasteiger partial charge in [-0.3, -0.25) is 4.79 Å². The number of esters is 1. The van der Waals surface area contributed by atoms with Gasteiger partial charge in [0.05, 0.1) is 0 Å². The normalized spacial score (nSPS) is 10.9. The fraction of sp³-hybridized carbons (Fsp3) is 0.118. The van der Waals surface area contributed by atoms with Crippen molar-refractivity contribution in [3.05, 3.63) is 54.3 Å². The maximum absolute atomic E-state index is 13.5. The SMILES string of the molecule is CCC(=O)Oc1c2ccccc2cc2ccc(F)cc12. The number of ether oxygens (including phenoxy) is 1. The van der Waals surface area contributed by atoms with Gasteiger partial charge in [-0.25, -0.2) is 4.39 Å². The third-order valence-electron chi connectivity index (χ3n) is 3.28. The predicted molar refractivity (Wildman–Crippen MR) is 77.3 cm³/mol. The van der Waals surface area contributed by atoms with Crippen molar-refractivity contribution in [3.8, 4) is 5.75 Å². The summed E-state index contributed by atoms with van der Waals surface area (Å²) in [6, 6.07) is 14.1. The summed E-state index contributed by atoms with van der Waals surface area (Å²) in [4.78, 5) is 11.6. The summed E-state index contributed by atoms with van der Waals surface area (Å²) in [7, 11) is 0. The Balaban J connectivity index is 2.38. The maximum Gasteiger partial charge on any atom is 0.310 e. The smallest absolute Gasteiger partial charge is 0.310 e. The van der Waals surface area contributed by atoms with Crippen LogP contribution in [0.25, 0.3) is 21.5 Å². The Bertz CT molecular complexity index is 809. The van der Waals surface area contributed by atoms with Gasteiger partial charge in [-0.2, -0.15) is 0 Å². The molecular weight excluding hydrogens is 255 g/mol. The minimum atomic E-state index is -0.346. The largest absolute Gasteiger partial charge is 0.425 e. The van der Waals surface area contributed by atoms with E-state index in [1.165, 1.54) is 12.1 Å². The molecule has 0 N–H and O–H groups in total. The van der Waals surface area contributed by atoms with Crippen LogP contribution in [-0.2, 0) is 4.79 Å². The minimum Gasteiger partial charge on any atom is -0.425 e. The van der Waals surface area contributed by atoms with Gasteiger partial charge in [-0.15, -0.1) is 0 Å². The second kappa shape index (κ2) is 4.93. The summed E-state index contributed by atoms with van der Waals surface area (Å²) in [5.41, 5.74) is 0. The Morgan fingerprint density at radius 1 is 1.05 bits per heavy atom. The van der Waals surface area contributed by atoms with Crippen LogP contribution in [0.5, 0.6) is 5.75 Å². The zero-order valence-corrected chi connectivity index (χ0v) is 11.0. The third-order valence-corrected chi connectivity index (χ3v) is 3.28. The molecule has 3 aromatic carbocycles. The summed E-state index contributed by atoms with van der Waals surface area (Å²) < 4.78 is 18.9. The van der Waals surface area contributed by atoms with E-state index >= 15 is 0 Å². The number of carbonyl (C=O) groups is 1. The number of benzene rings is 3. The van der Waals surface area contributed by atoms with Gasteiger partial charge in [-0.05, 0) is 29.0 Å². The first-order chi connectivity index (χ1) is 9.69. The molecule has 0 radical (unpaired) electrons. The monoisotopic (exact) mass is 268 g/mol. The maximum atomic E-state index is 13.5. The van der Waals surface area contributed by atoms with Crippen LogP contribution in [0.4, 0.5) is 4.39 Å². The van der Waals surface area contributed by atoms with Gasteiger partial charge >= 0.3 is 5.97 Å². The van der Waals surface area contributed by atoms with E-state index in [2.05, 4.69) is 0 Å². The van der Waals surface area contributed by atoms with Crippen LogP contribution in [0.3, 0.4) is 0 Å². The highest BCUT2D eigenvalue weighted by Crippen LogP contribution is 2.35. The van der Waals surface area contributed by atoms with E-state index in [1.54, 1.807) is 13.0 Å². The molecule has 0 saturated carbocycles. The van der Waals surface area contributed by atoms with Crippen molar-refractivity contribution in [2.75, 3.05) is 0 Å². The van der Waals surface area contributed by atoms with Crippen molar-refractivity contribution in [1.29, 1.82) is 0 Å². The molecule has 0 fully saturated rings. The molecule has 2 nitrogen and oxygen atoms in total. The molecule has 0 atom stereocenters. The molecule has 0 unspecified atom stereocenters. The standard InChI is InChI=1S/C17H13FO2/c1-2-16(19)20-17-14-6-4-3-5-11(14)9-12-7-8-13(18)10-15(12)17/h3-10H,2H2,1H3. The molecule has 0 aliphatic rings. The molecule has 0 saturated heterocycles. The number of rotatable bonds is 2. The molecule has 20 heavy (non-hydrogen) atoms. The molecule has 0 aliphatic heterocycles. The van der Waals surface area contributed by atoms with Crippen LogP contribution in [-0.4, -0.2) is 5.97 Å². The van der Waals surface area contributed by atoms with Gasteiger partial charge in [0, 0.05) is 17.2 Å². The van der Waals surface area contributed by atoms with Gasteiger partial charge in [0.25, 0.3) is 0 Å². The number of carbonyl (C=O) groups excluding carboxylic acids is 1. The average Bonchev–Trinajstić information content (AvgIpc) is 2.47. The van der Waals surface area contributed by atoms with Gasteiger partial charge in [0.2, 0.25) is 0 Å². The summed E-state index contributed by atoms with van der Waals surface area (Å²) in [6.45, 7) is 1.73. The van der Waals surface area contributed by atoms with E-state index in [-0.39, 0.29) is 18.2 Å². The lowest BCUT2D eigenvalue weighted by atomic mass is 10.0. The van der Waals surface area contributed by atoms with Gasteiger partial charge in [0.15, 0.2) is 0 Å². The van der Waals surface area contributed by atoms with Gasteiger partial charge in [0.1, 0.15) is 11.6 Å². The lowest BCUT2D eigenvalue weighted by molar-refractivity contribution is -0.133. The van der Waals surface area contributed by atoms with Crippen LogP contribution in [0, 0.1) is 5.82 Å². The molecule has 0 aliphatic carbocycles. The first-order valence-electron chi connectivity index (χ1n) is 6.50. The zero-order valence-electron chi connectivity index (χ0n) is 11.0. The van der Waals surface area contributed by atoms with Crippen molar-refractivity contribution >= 4 is 27.5 Å². The number of hydrogen-bond acceptors (Lipinski definition) is 2. The Hall–Kier alpha value is -2.42. The van der Waals surface area contributed by atoms with E-state index in [4.69, 9.17) is 4.74 Å². The summed E-state index contributed by atoms with van der Waals surface area (Å²) >= 11 is 0. The van der Waals surface area contributed by atoms with Crippen molar-refractivity contribution in [2.45, 2.75) is 13.3 Å². The Kier molecular flexibility index (Phi) is 3.11. The highest BCUT2D eigenvalue weighted by molar-refractivity contribution is 6.06. The summed E-state index contributed by atoms with van der Waals surface area (Å²) in [6.07, 6.45) is 0.278. The Morgan fingerprint density at radius 2 is 1.80 bits per heavy atom. The van der Waals surface area contributed by atoms with E-state index in [1.807, 2.05) is 30.3 Å². The minimum absolute atomic E-state index is 0.278. The highest BCUT2D eigenvalue weighted by atomic mass is 19.1. The molecule has 0 amide bonds. The Labute approximate surface area is 115 Å². The second-order valence-corrected chi connectivity index (χ2v) is 4.62. The fourth-order valence-corrected chi connectivity index (χ4v) is 2.29. The van der Waals surface area contributed by atoms with E-state index in [0.29, 0.717) is 11.1 Å². The van der Waals surface area contributed by atoms with Gasteiger partial charge in [-0.1, -0.05) is 37.3 Å². The third kappa shape index (κ3) is 2.11. The van der Waals surface area contributed by atoms with Crippen molar-refractivity contribution < 1.29 is 13.9 Å². The van der Waals surface area contributed by atoms with E-state index in [9.17, 15) is 9.18 Å². The van der Waals surface area contributed by atoms with Crippen LogP contribution < -0.4 is 4.74 Å². The number of halogens is 1. The molecule has 0 heterocycles. The fourth-order valence-electron chi connectivity index (χ4n) is 2.29. The molecule has 3 aromatic rings. The summed E-state index contributed by atoms with van der Waals surface area (Å²) in [5, 5.41) is 3.24. The number of fused-ring (bicyclic) bond motifs is 2. The van der Waals surface area contributed by atoms with Crippen LogP contribution in [0.2, 0.25) is 0 Å². The molecule has 3 heteroatoms. The van der Waals surface area contributed by atoms with Crippen molar-refractivity contribution in [3.63, 3.8) is 0 Å². The van der Waals surface area contributed by atoms with Crippen molar-refractivity contribution in [2.24, 2.45) is 0 Å². The topological polar surface area (TPSA) is 26.3 Å². The quantitative estimate of drug-likeness (QED) is 0.390. The first kappa shape index (κ1) is 12.6. The number of hydrogen-bond donors (Lipinski definition) is 0. The molecular formula is C17H13FO2. The van der Waals surface area contributed by atoms with Crippen LogP contribution in [0.15, 0.2) is 48.5 Å². The van der Waals surface area contributed by atoms with E-state index < -0.39 is 0 Å². The highest BCUT2D eigenvalue weighted by Gasteiger charge is 2.12. The molecule has 0 spiro atoms. The summed E-state index contributed by atoms with van der Waals surface area (Å²) in [5.74, 6) is -0.238. The molecule has 0 aromatic heterocycles. The van der Waals surface area contributed by atoms with Crippen LogP contribution in [0.1, 0.15) is 13.3 Å². The molecule has 0 bridgehead atoms.